The Hall–Kier alpha value is -2.09. The maximum Gasteiger partial charge on any atom is 0.247 e. The van der Waals surface area contributed by atoms with Gasteiger partial charge in [0.15, 0.2) is 0 Å². The number of hydrogen-bond donors (Lipinski definition) is 0. The van der Waals surface area contributed by atoms with Crippen LogP contribution in [0.3, 0.4) is 0 Å². The Morgan fingerprint density at radius 3 is 2.55 bits per heavy atom. The number of nitriles is 1. The number of likely N-dealkylation sites (N-methyl/N-ethyl adjacent to an activating group) is 1. The van der Waals surface area contributed by atoms with Crippen molar-refractivity contribution in [2.75, 3.05) is 7.05 Å². The molecule has 1 amide bonds. The number of aromatic nitrogens is 2. The predicted molar refractivity (Wildman–Crippen MR) is 76.7 cm³/mol. The van der Waals surface area contributed by atoms with E-state index in [-0.39, 0.29) is 5.91 Å². The highest BCUT2D eigenvalue weighted by atomic mass is 16.2. The molecule has 1 aliphatic rings. The maximum atomic E-state index is 12.2. The van der Waals surface area contributed by atoms with Gasteiger partial charge in [0.25, 0.3) is 0 Å². The van der Waals surface area contributed by atoms with Crippen molar-refractivity contribution in [3.05, 3.63) is 23.0 Å². The molecule has 106 valence electrons. The van der Waals surface area contributed by atoms with Gasteiger partial charge < -0.3 is 4.90 Å². The second kappa shape index (κ2) is 5.12. The van der Waals surface area contributed by atoms with Crippen molar-refractivity contribution in [3.63, 3.8) is 0 Å². The first-order valence-corrected chi connectivity index (χ1v) is 6.78. The third-order valence-electron chi connectivity index (χ3n) is 4.32. The smallest absolute Gasteiger partial charge is 0.247 e. The summed E-state index contributed by atoms with van der Waals surface area (Å²) in [6.07, 6.45) is 5.87. The molecule has 1 aromatic rings. The average molecular weight is 272 g/mol. The molecule has 0 unspecified atom stereocenters. The van der Waals surface area contributed by atoms with Crippen molar-refractivity contribution in [1.82, 2.24) is 14.7 Å². The van der Waals surface area contributed by atoms with E-state index in [4.69, 9.17) is 0 Å². The molecule has 0 saturated heterocycles. The maximum absolute atomic E-state index is 12.2. The van der Waals surface area contributed by atoms with E-state index >= 15 is 0 Å². The summed E-state index contributed by atoms with van der Waals surface area (Å²) in [6.45, 7) is 3.89. The van der Waals surface area contributed by atoms with Gasteiger partial charge >= 0.3 is 0 Å². The van der Waals surface area contributed by atoms with Crippen LogP contribution in [-0.4, -0.2) is 33.2 Å². The number of hydrogen-bond acceptors (Lipinski definition) is 3. The van der Waals surface area contributed by atoms with Crippen LogP contribution in [0.1, 0.15) is 36.2 Å². The van der Waals surface area contributed by atoms with Crippen molar-refractivity contribution >= 4 is 12.0 Å². The van der Waals surface area contributed by atoms with Gasteiger partial charge in [0.1, 0.15) is 5.54 Å². The fourth-order valence-corrected chi connectivity index (χ4v) is 2.54. The summed E-state index contributed by atoms with van der Waals surface area (Å²) >= 11 is 0. The summed E-state index contributed by atoms with van der Waals surface area (Å²) in [6, 6.07) is 2.28. The van der Waals surface area contributed by atoms with Gasteiger partial charge in [-0.05, 0) is 39.2 Å². The molecule has 0 spiro atoms. The topological polar surface area (TPSA) is 61.9 Å². The first-order valence-electron chi connectivity index (χ1n) is 6.78. The fraction of sp³-hybridized carbons (Fsp3) is 0.533. The predicted octanol–water partition coefficient (Wildman–Crippen LogP) is 1.95. The van der Waals surface area contributed by atoms with Crippen LogP contribution in [0.5, 0.6) is 0 Å². The molecule has 0 N–H and O–H groups in total. The minimum Gasteiger partial charge on any atom is -0.323 e. The highest BCUT2D eigenvalue weighted by Gasteiger charge is 2.42. The number of rotatable bonds is 3. The van der Waals surface area contributed by atoms with Crippen molar-refractivity contribution < 1.29 is 4.79 Å². The Bertz CT molecular complexity index is 602. The molecule has 1 fully saturated rings. The molecule has 20 heavy (non-hydrogen) atoms. The first-order chi connectivity index (χ1) is 9.41. The molecule has 0 bridgehead atoms. The average Bonchev–Trinajstić information content (AvgIpc) is 2.60. The summed E-state index contributed by atoms with van der Waals surface area (Å²) in [5.41, 5.74) is 2.29. The van der Waals surface area contributed by atoms with E-state index in [0.29, 0.717) is 0 Å². The monoisotopic (exact) mass is 272 g/mol. The van der Waals surface area contributed by atoms with E-state index < -0.39 is 5.54 Å². The Morgan fingerprint density at radius 2 is 2.15 bits per heavy atom. The van der Waals surface area contributed by atoms with Crippen LogP contribution < -0.4 is 0 Å². The third kappa shape index (κ3) is 2.22. The standard InChI is InChI=1S/C15H20N4O/c1-11-13(12(2)19(4)17-11)6-7-14(20)18(3)15(10-16)8-5-9-15/h6-7H,5,8-9H2,1-4H3/b7-6+. The number of aryl methyl sites for hydroxylation is 2. The van der Waals surface area contributed by atoms with Gasteiger partial charge in [0, 0.05) is 31.4 Å². The van der Waals surface area contributed by atoms with Gasteiger partial charge in [-0.25, -0.2) is 0 Å². The van der Waals surface area contributed by atoms with Gasteiger partial charge in [-0.15, -0.1) is 0 Å². The molecule has 0 radical (unpaired) electrons. The molecular weight excluding hydrogens is 252 g/mol. The van der Waals surface area contributed by atoms with Gasteiger partial charge in [-0.2, -0.15) is 10.4 Å². The lowest BCUT2D eigenvalue weighted by Crippen LogP contribution is -2.52. The van der Waals surface area contributed by atoms with E-state index in [9.17, 15) is 10.1 Å². The van der Waals surface area contributed by atoms with Crippen LogP contribution in [0.25, 0.3) is 6.08 Å². The zero-order valence-electron chi connectivity index (χ0n) is 12.5. The summed E-state index contributed by atoms with van der Waals surface area (Å²) in [4.78, 5) is 13.8. The molecule has 1 heterocycles. The minimum atomic E-state index is -0.597. The molecule has 1 saturated carbocycles. The molecule has 1 aliphatic carbocycles. The lowest BCUT2D eigenvalue weighted by atomic mass is 9.76. The van der Waals surface area contributed by atoms with E-state index in [1.54, 1.807) is 22.7 Å². The van der Waals surface area contributed by atoms with Crippen molar-refractivity contribution in [3.8, 4) is 6.07 Å². The molecule has 1 aromatic heterocycles. The second-order valence-electron chi connectivity index (χ2n) is 5.44. The van der Waals surface area contributed by atoms with Crippen LogP contribution in [-0.2, 0) is 11.8 Å². The van der Waals surface area contributed by atoms with Gasteiger partial charge in [-0.1, -0.05) is 0 Å². The molecule has 2 rings (SSSR count). The summed E-state index contributed by atoms with van der Waals surface area (Å²) < 4.78 is 1.80. The largest absolute Gasteiger partial charge is 0.323 e. The van der Waals surface area contributed by atoms with Crippen LogP contribution in [0, 0.1) is 25.2 Å². The highest BCUT2D eigenvalue weighted by Crippen LogP contribution is 2.36. The number of amides is 1. The normalized spacial score (nSPS) is 16.8. The van der Waals surface area contributed by atoms with E-state index in [2.05, 4.69) is 11.2 Å². The van der Waals surface area contributed by atoms with Gasteiger partial charge in [0.2, 0.25) is 5.91 Å². The molecule has 5 heteroatoms. The number of carbonyl (C=O) groups is 1. The molecule has 0 atom stereocenters. The zero-order chi connectivity index (χ0) is 14.9. The quantitative estimate of drug-likeness (QED) is 0.790. The van der Waals surface area contributed by atoms with Crippen LogP contribution >= 0.6 is 0 Å². The number of carbonyl (C=O) groups excluding carboxylic acids is 1. The Labute approximate surface area is 119 Å². The Kier molecular flexibility index (Phi) is 3.67. The summed E-state index contributed by atoms with van der Waals surface area (Å²) in [5.74, 6) is -0.131. The summed E-state index contributed by atoms with van der Waals surface area (Å²) in [5, 5.41) is 13.6. The SMILES string of the molecule is Cc1nn(C)c(C)c1/C=C/C(=O)N(C)C1(C#N)CCC1. The van der Waals surface area contributed by atoms with Crippen molar-refractivity contribution in [2.45, 2.75) is 38.6 Å². The van der Waals surface area contributed by atoms with E-state index in [1.165, 1.54) is 6.08 Å². The third-order valence-corrected chi connectivity index (χ3v) is 4.32. The minimum absolute atomic E-state index is 0.131. The van der Waals surface area contributed by atoms with Gasteiger partial charge in [0.05, 0.1) is 11.8 Å². The van der Waals surface area contributed by atoms with Crippen molar-refractivity contribution in [1.29, 1.82) is 5.26 Å². The molecule has 0 aliphatic heterocycles. The fourth-order valence-electron chi connectivity index (χ4n) is 2.54. The lowest BCUT2D eigenvalue weighted by molar-refractivity contribution is -0.130. The van der Waals surface area contributed by atoms with Crippen LogP contribution in [0.2, 0.25) is 0 Å². The molecule has 5 nitrogen and oxygen atoms in total. The van der Waals surface area contributed by atoms with Crippen LogP contribution in [0.4, 0.5) is 0 Å². The van der Waals surface area contributed by atoms with Crippen LogP contribution in [0.15, 0.2) is 6.08 Å². The lowest BCUT2D eigenvalue weighted by Gasteiger charge is -2.42. The number of nitrogens with zero attached hydrogens (tertiary/aromatic N) is 4. The summed E-state index contributed by atoms with van der Waals surface area (Å²) in [7, 11) is 3.59. The van der Waals surface area contributed by atoms with Gasteiger partial charge in [-0.3, -0.25) is 9.48 Å². The molecule has 0 aromatic carbocycles. The highest BCUT2D eigenvalue weighted by molar-refractivity contribution is 5.92. The molecular formula is C15H20N4O. The Morgan fingerprint density at radius 1 is 1.50 bits per heavy atom. The van der Waals surface area contributed by atoms with Crippen molar-refractivity contribution in [2.24, 2.45) is 7.05 Å². The first kappa shape index (κ1) is 14.3. The second-order valence-corrected chi connectivity index (χ2v) is 5.44. The van der Waals surface area contributed by atoms with E-state index in [1.807, 2.05) is 20.9 Å². The zero-order valence-corrected chi connectivity index (χ0v) is 12.5. The van der Waals surface area contributed by atoms with E-state index in [0.717, 1.165) is 36.2 Å². The Balaban J connectivity index is 2.15.